The zero-order valence-electron chi connectivity index (χ0n) is 9.47. The molecule has 0 aliphatic rings. The molecule has 0 aliphatic heterocycles. The minimum Gasteiger partial charge on any atom is -0.396 e. The van der Waals surface area contributed by atoms with Gasteiger partial charge in [-0.3, -0.25) is 4.72 Å². The van der Waals surface area contributed by atoms with Gasteiger partial charge < -0.3 is 5.73 Å². The summed E-state index contributed by atoms with van der Waals surface area (Å²) in [6.45, 7) is 0. The van der Waals surface area contributed by atoms with E-state index < -0.39 is 15.8 Å². The standard InChI is InChI=1S/C11H9BrFN3O2S/c12-7-5-8(13)9(14)6-10(7)19(17,18)16-11-3-1-2-4-15-11/h1-6H,14H2,(H,15,16). The van der Waals surface area contributed by atoms with E-state index in [2.05, 4.69) is 25.6 Å². The van der Waals surface area contributed by atoms with E-state index in [9.17, 15) is 12.8 Å². The summed E-state index contributed by atoms with van der Waals surface area (Å²) < 4.78 is 39.8. The SMILES string of the molecule is Nc1cc(S(=O)(=O)Nc2ccccn2)c(Br)cc1F. The Morgan fingerprint density at radius 2 is 2.05 bits per heavy atom. The molecule has 0 unspecified atom stereocenters. The lowest BCUT2D eigenvalue weighted by Crippen LogP contribution is -2.15. The van der Waals surface area contributed by atoms with Gasteiger partial charge >= 0.3 is 0 Å². The third kappa shape index (κ3) is 3.02. The van der Waals surface area contributed by atoms with Crippen LogP contribution in [-0.2, 0) is 10.0 Å². The average Bonchev–Trinajstić information content (AvgIpc) is 2.34. The molecular weight excluding hydrogens is 337 g/mol. The minimum atomic E-state index is -3.89. The van der Waals surface area contributed by atoms with Gasteiger partial charge in [0.1, 0.15) is 16.5 Å². The molecule has 1 aromatic carbocycles. The van der Waals surface area contributed by atoms with E-state index in [0.29, 0.717) is 0 Å². The molecule has 0 aliphatic carbocycles. The highest BCUT2D eigenvalue weighted by Crippen LogP contribution is 2.27. The molecule has 1 aromatic heterocycles. The number of halogens is 2. The van der Waals surface area contributed by atoms with Crippen LogP contribution in [0.4, 0.5) is 15.9 Å². The van der Waals surface area contributed by atoms with Crippen LogP contribution >= 0.6 is 15.9 Å². The van der Waals surface area contributed by atoms with Crippen molar-refractivity contribution in [2.24, 2.45) is 0 Å². The fourth-order valence-electron chi connectivity index (χ4n) is 1.37. The van der Waals surface area contributed by atoms with Crippen molar-refractivity contribution < 1.29 is 12.8 Å². The fourth-order valence-corrected chi connectivity index (χ4v) is 3.43. The van der Waals surface area contributed by atoms with Crippen LogP contribution < -0.4 is 10.5 Å². The molecule has 100 valence electrons. The molecule has 19 heavy (non-hydrogen) atoms. The first kappa shape index (κ1) is 13.8. The number of benzene rings is 1. The lowest BCUT2D eigenvalue weighted by molar-refractivity contribution is 0.599. The molecule has 3 N–H and O–H groups in total. The van der Waals surface area contributed by atoms with Gasteiger partial charge in [-0.15, -0.1) is 0 Å². The second-order valence-electron chi connectivity index (χ2n) is 3.62. The summed E-state index contributed by atoms with van der Waals surface area (Å²) >= 11 is 3.00. The van der Waals surface area contributed by atoms with Crippen molar-refractivity contribution in [3.8, 4) is 0 Å². The summed E-state index contributed by atoms with van der Waals surface area (Å²) in [6.07, 6.45) is 1.45. The number of nitrogens with one attached hydrogen (secondary N) is 1. The summed E-state index contributed by atoms with van der Waals surface area (Å²) in [5.74, 6) is -0.527. The van der Waals surface area contributed by atoms with Gasteiger partial charge in [0.2, 0.25) is 0 Å². The van der Waals surface area contributed by atoms with Gasteiger partial charge in [0, 0.05) is 10.7 Å². The van der Waals surface area contributed by atoms with Gasteiger partial charge in [0.25, 0.3) is 10.0 Å². The Morgan fingerprint density at radius 3 is 2.68 bits per heavy atom. The molecule has 0 saturated heterocycles. The molecule has 0 bridgehead atoms. The highest BCUT2D eigenvalue weighted by Gasteiger charge is 2.20. The first-order valence-corrected chi connectivity index (χ1v) is 7.36. The summed E-state index contributed by atoms with van der Waals surface area (Å²) in [6, 6.07) is 6.84. The second kappa shape index (κ2) is 5.14. The van der Waals surface area contributed by atoms with Crippen LogP contribution in [-0.4, -0.2) is 13.4 Å². The number of nitrogen functional groups attached to an aromatic ring is 1. The van der Waals surface area contributed by atoms with Crippen LogP contribution in [0.15, 0.2) is 45.9 Å². The average molecular weight is 346 g/mol. The van der Waals surface area contributed by atoms with Gasteiger partial charge in [0.15, 0.2) is 0 Å². The molecule has 1 heterocycles. The van der Waals surface area contributed by atoms with Crippen LogP contribution in [0.25, 0.3) is 0 Å². The van der Waals surface area contributed by atoms with Crippen molar-refractivity contribution in [3.05, 3.63) is 46.8 Å². The number of pyridine rings is 1. The normalized spacial score (nSPS) is 11.3. The van der Waals surface area contributed by atoms with E-state index >= 15 is 0 Å². The topological polar surface area (TPSA) is 85.1 Å². The van der Waals surface area contributed by atoms with Gasteiger partial charge in [0.05, 0.1) is 5.69 Å². The van der Waals surface area contributed by atoms with E-state index in [0.717, 1.165) is 12.1 Å². The third-order valence-corrected chi connectivity index (χ3v) is 4.56. The Labute approximate surface area is 117 Å². The molecule has 0 spiro atoms. The first-order chi connectivity index (χ1) is 8.90. The van der Waals surface area contributed by atoms with Crippen LogP contribution in [0.5, 0.6) is 0 Å². The van der Waals surface area contributed by atoms with Crippen molar-refractivity contribution in [2.75, 3.05) is 10.5 Å². The zero-order chi connectivity index (χ0) is 14.0. The highest BCUT2D eigenvalue weighted by atomic mass is 79.9. The van der Waals surface area contributed by atoms with Crippen LogP contribution in [0.2, 0.25) is 0 Å². The second-order valence-corrected chi connectivity index (χ2v) is 6.13. The number of sulfonamides is 1. The summed E-state index contributed by atoms with van der Waals surface area (Å²) in [5, 5.41) is 0. The molecule has 2 aromatic rings. The number of hydrogen-bond donors (Lipinski definition) is 2. The predicted molar refractivity (Wildman–Crippen MR) is 73.6 cm³/mol. The Balaban J connectivity index is 2.43. The number of aromatic nitrogens is 1. The maximum atomic E-state index is 13.2. The van der Waals surface area contributed by atoms with E-state index in [4.69, 9.17) is 5.73 Å². The van der Waals surface area contributed by atoms with Crippen LogP contribution in [0, 0.1) is 5.82 Å². The highest BCUT2D eigenvalue weighted by molar-refractivity contribution is 9.10. The molecule has 0 radical (unpaired) electrons. The maximum absolute atomic E-state index is 13.2. The van der Waals surface area contributed by atoms with Crippen molar-refractivity contribution in [2.45, 2.75) is 4.90 Å². The molecule has 0 saturated carbocycles. The van der Waals surface area contributed by atoms with E-state index in [1.54, 1.807) is 12.1 Å². The van der Waals surface area contributed by atoms with Crippen molar-refractivity contribution in [3.63, 3.8) is 0 Å². The minimum absolute atomic E-state index is 0.0858. The molecular formula is C11H9BrFN3O2S. The van der Waals surface area contributed by atoms with Crippen molar-refractivity contribution in [1.82, 2.24) is 4.98 Å². The monoisotopic (exact) mass is 345 g/mol. The Morgan fingerprint density at radius 1 is 1.32 bits per heavy atom. The Kier molecular flexibility index (Phi) is 3.72. The van der Waals surface area contributed by atoms with E-state index in [1.165, 1.54) is 12.3 Å². The van der Waals surface area contributed by atoms with E-state index in [1.807, 2.05) is 0 Å². The molecule has 5 nitrogen and oxygen atoms in total. The Hall–Kier alpha value is -1.67. The van der Waals surface area contributed by atoms with Gasteiger partial charge in [-0.25, -0.2) is 17.8 Å². The summed E-state index contributed by atoms with van der Waals surface area (Å²) in [5.41, 5.74) is 5.13. The Bertz CT molecular complexity index is 707. The van der Waals surface area contributed by atoms with Gasteiger partial charge in [-0.2, -0.15) is 0 Å². The number of nitrogens with zero attached hydrogens (tertiary/aromatic N) is 1. The van der Waals surface area contributed by atoms with Gasteiger partial charge in [-0.1, -0.05) is 6.07 Å². The van der Waals surface area contributed by atoms with E-state index in [-0.39, 0.29) is 20.9 Å². The van der Waals surface area contributed by atoms with Gasteiger partial charge in [-0.05, 0) is 40.2 Å². The molecule has 0 fully saturated rings. The summed E-state index contributed by atoms with van der Waals surface area (Å²) in [4.78, 5) is 3.69. The predicted octanol–water partition coefficient (Wildman–Crippen LogP) is 2.37. The largest absolute Gasteiger partial charge is 0.396 e. The lowest BCUT2D eigenvalue weighted by Gasteiger charge is -2.10. The van der Waals surface area contributed by atoms with Crippen LogP contribution in [0.3, 0.4) is 0 Å². The number of anilines is 2. The lowest BCUT2D eigenvalue weighted by atomic mass is 10.3. The van der Waals surface area contributed by atoms with Crippen LogP contribution in [0.1, 0.15) is 0 Å². The summed E-state index contributed by atoms with van der Waals surface area (Å²) in [7, 11) is -3.89. The first-order valence-electron chi connectivity index (χ1n) is 5.08. The fraction of sp³-hybridized carbons (Fsp3) is 0. The number of hydrogen-bond acceptors (Lipinski definition) is 4. The molecule has 2 rings (SSSR count). The quantitative estimate of drug-likeness (QED) is 0.836. The van der Waals surface area contributed by atoms with Crippen molar-refractivity contribution >= 4 is 37.5 Å². The maximum Gasteiger partial charge on any atom is 0.264 e. The third-order valence-electron chi connectivity index (χ3n) is 2.24. The zero-order valence-corrected chi connectivity index (χ0v) is 11.9. The van der Waals surface area contributed by atoms with Crippen molar-refractivity contribution in [1.29, 1.82) is 0 Å². The molecule has 0 atom stereocenters. The number of rotatable bonds is 3. The number of nitrogens with two attached hydrogens (primary N) is 1. The molecule has 8 heteroatoms. The smallest absolute Gasteiger partial charge is 0.264 e. The molecule has 0 amide bonds.